The van der Waals surface area contributed by atoms with E-state index in [9.17, 15) is 0 Å². The van der Waals surface area contributed by atoms with Gasteiger partial charge in [0.15, 0.2) is 11.5 Å². The molecule has 3 aromatic carbocycles. The second-order valence-electron chi connectivity index (χ2n) is 5.44. The minimum atomic E-state index is 0.769. The zero-order chi connectivity index (χ0) is 15.5. The molecule has 0 saturated carbocycles. The number of aryl methyl sites for hydroxylation is 1. The number of fused-ring (bicyclic) bond motifs is 1. The van der Waals surface area contributed by atoms with Crippen molar-refractivity contribution in [2.75, 3.05) is 14.2 Å². The first kappa shape index (κ1) is 14.5. The number of methoxy groups -OCH3 is 2. The number of hydrogen-bond donors (Lipinski definition) is 0. The average Bonchev–Trinajstić information content (AvgIpc) is 2.57. The summed E-state index contributed by atoms with van der Waals surface area (Å²) in [6.07, 6.45) is 0.941. The van der Waals surface area contributed by atoms with Gasteiger partial charge in [-0.05, 0) is 52.9 Å². The molecule has 0 amide bonds. The van der Waals surface area contributed by atoms with Crippen LogP contribution in [0.4, 0.5) is 0 Å². The second kappa shape index (κ2) is 6.10. The highest BCUT2D eigenvalue weighted by Gasteiger charge is 2.10. The third kappa shape index (κ3) is 2.64. The summed E-state index contributed by atoms with van der Waals surface area (Å²) in [5, 5.41) is 2.39. The van der Waals surface area contributed by atoms with Crippen LogP contribution in [0.15, 0.2) is 54.6 Å². The van der Waals surface area contributed by atoms with Crippen LogP contribution in [0.2, 0.25) is 0 Å². The predicted octanol–water partition coefficient (Wildman–Crippen LogP) is 4.76. The normalized spacial score (nSPS) is 10.7. The van der Waals surface area contributed by atoms with E-state index in [0.29, 0.717) is 0 Å². The number of rotatable bonds is 4. The molecule has 0 fully saturated rings. The SMILES string of the molecule is COc1cc2ccc(Cc3ccccc3)c(C)c2cc1OC. The van der Waals surface area contributed by atoms with Crippen molar-refractivity contribution in [1.82, 2.24) is 0 Å². The van der Waals surface area contributed by atoms with Crippen molar-refractivity contribution in [3.05, 3.63) is 71.3 Å². The highest BCUT2D eigenvalue weighted by atomic mass is 16.5. The first-order chi connectivity index (χ1) is 10.7. The van der Waals surface area contributed by atoms with Crippen molar-refractivity contribution in [1.29, 1.82) is 0 Å². The Morgan fingerprint density at radius 3 is 2.18 bits per heavy atom. The van der Waals surface area contributed by atoms with Gasteiger partial charge in [0.05, 0.1) is 14.2 Å². The minimum absolute atomic E-state index is 0.769. The molecular weight excluding hydrogens is 272 g/mol. The number of hydrogen-bond acceptors (Lipinski definition) is 2. The van der Waals surface area contributed by atoms with Gasteiger partial charge in [0.25, 0.3) is 0 Å². The van der Waals surface area contributed by atoms with Gasteiger partial charge in [-0.3, -0.25) is 0 Å². The van der Waals surface area contributed by atoms with Crippen LogP contribution in [0.25, 0.3) is 10.8 Å². The fraction of sp³-hybridized carbons (Fsp3) is 0.200. The van der Waals surface area contributed by atoms with Crippen molar-refractivity contribution in [2.24, 2.45) is 0 Å². The van der Waals surface area contributed by atoms with Crippen molar-refractivity contribution >= 4 is 10.8 Å². The Balaban J connectivity index is 2.08. The summed E-state index contributed by atoms with van der Waals surface area (Å²) < 4.78 is 10.8. The summed E-state index contributed by atoms with van der Waals surface area (Å²) in [6.45, 7) is 2.17. The van der Waals surface area contributed by atoms with Gasteiger partial charge in [-0.15, -0.1) is 0 Å². The zero-order valence-corrected chi connectivity index (χ0v) is 13.2. The lowest BCUT2D eigenvalue weighted by molar-refractivity contribution is 0.356. The van der Waals surface area contributed by atoms with Gasteiger partial charge < -0.3 is 9.47 Å². The molecule has 0 bridgehead atoms. The molecule has 0 unspecified atom stereocenters. The Labute approximate surface area is 131 Å². The largest absolute Gasteiger partial charge is 0.493 e. The van der Waals surface area contributed by atoms with Crippen molar-refractivity contribution in [3.8, 4) is 11.5 Å². The van der Waals surface area contributed by atoms with Crippen LogP contribution in [0, 0.1) is 6.92 Å². The van der Waals surface area contributed by atoms with Gasteiger partial charge in [-0.2, -0.15) is 0 Å². The Hall–Kier alpha value is -2.48. The average molecular weight is 292 g/mol. The predicted molar refractivity (Wildman–Crippen MR) is 91.0 cm³/mol. The van der Waals surface area contributed by atoms with Gasteiger partial charge in [-0.25, -0.2) is 0 Å². The van der Waals surface area contributed by atoms with E-state index >= 15 is 0 Å². The summed E-state index contributed by atoms with van der Waals surface area (Å²) in [5.41, 5.74) is 3.96. The monoisotopic (exact) mass is 292 g/mol. The highest BCUT2D eigenvalue weighted by molar-refractivity contribution is 5.89. The molecule has 0 aromatic heterocycles. The Kier molecular flexibility index (Phi) is 4.01. The van der Waals surface area contributed by atoms with Gasteiger partial charge in [0, 0.05) is 0 Å². The van der Waals surface area contributed by atoms with Gasteiger partial charge in [-0.1, -0.05) is 42.5 Å². The molecule has 3 rings (SSSR count). The van der Waals surface area contributed by atoms with E-state index < -0.39 is 0 Å². The van der Waals surface area contributed by atoms with Crippen LogP contribution in [0.1, 0.15) is 16.7 Å². The zero-order valence-electron chi connectivity index (χ0n) is 13.2. The molecule has 0 aliphatic heterocycles. The molecule has 0 N–H and O–H groups in total. The van der Waals surface area contributed by atoms with E-state index in [2.05, 4.69) is 49.4 Å². The van der Waals surface area contributed by atoms with Crippen LogP contribution in [-0.2, 0) is 6.42 Å². The lowest BCUT2D eigenvalue weighted by Crippen LogP contribution is -1.95. The quantitative estimate of drug-likeness (QED) is 0.690. The van der Waals surface area contributed by atoms with E-state index in [1.165, 1.54) is 27.5 Å². The van der Waals surface area contributed by atoms with Crippen molar-refractivity contribution < 1.29 is 9.47 Å². The smallest absolute Gasteiger partial charge is 0.161 e. The van der Waals surface area contributed by atoms with E-state index in [1.807, 2.05) is 12.1 Å². The molecule has 0 saturated heterocycles. The minimum Gasteiger partial charge on any atom is -0.493 e. The van der Waals surface area contributed by atoms with E-state index in [1.54, 1.807) is 14.2 Å². The van der Waals surface area contributed by atoms with Crippen LogP contribution in [0.3, 0.4) is 0 Å². The standard InChI is InChI=1S/C20H20O2/c1-14-16(11-15-7-5-4-6-8-15)9-10-17-12-19(21-2)20(22-3)13-18(14)17/h4-10,12-13H,11H2,1-3H3. The first-order valence-corrected chi connectivity index (χ1v) is 7.41. The van der Waals surface area contributed by atoms with Crippen LogP contribution >= 0.6 is 0 Å². The highest BCUT2D eigenvalue weighted by Crippen LogP contribution is 2.34. The lowest BCUT2D eigenvalue weighted by atomic mass is 9.95. The summed E-state index contributed by atoms with van der Waals surface area (Å²) in [6, 6.07) is 19.0. The molecule has 2 heteroatoms. The maximum Gasteiger partial charge on any atom is 0.161 e. The topological polar surface area (TPSA) is 18.5 Å². The van der Waals surface area contributed by atoms with Gasteiger partial charge >= 0.3 is 0 Å². The Morgan fingerprint density at radius 1 is 0.818 bits per heavy atom. The molecule has 0 aliphatic carbocycles. The molecule has 0 atom stereocenters. The molecule has 3 aromatic rings. The third-order valence-electron chi connectivity index (χ3n) is 4.14. The van der Waals surface area contributed by atoms with E-state index in [4.69, 9.17) is 9.47 Å². The Bertz CT molecular complexity index is 792. The fourth-order valence-corrected chi connectivity index (χ4v) is 2.85. The number of benzene rings is 3. The van der Waals surface area contributed by atoms with Crippen LogP contribution < -0.4 is 9.47 Å². The van der Waals surface area contributed by atoms with E-state index in [0.717, 1.165) is 17.9 Å². The molecule has 2 nitrogen and oxygen atoms in total. The van der Waals surface area contributed by atoms with Gasteiger partial charge in [0.2, 0.25) is 0 Å². The number of ether oxygens (including phenoxy) is 2. The summed E-state index contributed by atoms with van der Waals surface area (Å²) in [4.78, 5) is 0. The lowest BCUT2D eigenvalue weighted by Gasteiger charge is -2.13. The van der Waals surface area contributed by atoms with Gasteiger partial charge in [0.1, 0.15) is 0 Å². The summed E-state index contributed by atoms with van der Waals surface area (Å²) in [7, 11) is 3.34. The Morgan fingerprint density at radius 2 is 1.50 bits per heavy atom. The van der Waals surface area contributed by atoms with Crippen LogP contribution in [0.5, 0.6) is 11.5 Å². The molecule has 112 valence electrons. The molecule has 22 heavy (non-hydrogen) atoms. The third-order valence-corrected chi connectivity index (χ3v) is 4.14. The van der Waals surface area contributed by atoms with Crippen LogP contribution in [-0.4, -0.2) is 14.2 Å². The van der Waals surface area contributed by atoms with E-state index in [-0.39, 0.29) is 0 Å². The van der Waals surface area contributed by atoms with Crippen molar-refractivity contribution in [3.63, 3.8) is 0 Å². The molecular formula is C20H20O2. The fourth-order valence-electron chi connectivity index (χ4n) is 2.85. The van der Waals surface area contributed by atoms with Crippen molar-refractivity contribution in [2.45, 2.75) is 13.3 Å². The second-order valence-corrected chi connectivity index (χ2v) is 5.44. The molecule has 0 aliphatic rings. The molecule has 0 spiro atoms. The maximum absolute atomic E-state index is 5.43. The maximum atomic E-state index is 5.43. The molecule has 0 radical (unpaired) electrons. The molecule has 0 heterocycles. The first-order valence-electron chi connectivity index (χ1n) is 7.41. The summed E-state index contributed by atoms with van der Waals surface area (Å²) in [5.74, 6) is 1.54. The summed E-state index contributed by atoms with van der Waals surface area (Å²) >= 11 is 0.